The predicted octanol–water partition coefficient (Wildman–Crippen LogP) is 4.36. The second-order valence-electron chi connectivity index (χ2n) is 6.35. The highest BCUT2D eigenvalue weighted by Crippen LogP contribution is 2.19. The Morgan fingerprint density at radius 3 is 2.24 bits per heavy atom. The minimum Gasteiger partial charge on any atom is -0.312 e. The van der Waals surface area contributed by atoms with Gasteiger partial charge in [0.05, 0.1) is 0 Å². The minimum absolute atomic E-state index is 0.112. The van der Waals surface area contributed by atoms with Crippen LogP contribution in [-0.4, -0.2) is 11.5 Å². The van der Waals surface area contributed by atoms with Crippen molar-refractivity contribution in [3.63, 3.8) is 0 Å². The molecular formula is C18H23ClN2. The van der Waals surface area contributed by atoms with E-state index in [1.807, 2.05) is 18.3 Å². The summed E-state index contributed by atoms with van der Waals surface area (Å²) in [5, 5.41) is 4.24. The van der Waals surface area contributed by atoms with E-state index in [2.05, 4.69) is 55.3 Å². The van der Waals surface area contributed by atoms with Crippen molar-refractivity contribution in [1.29, 1.82) is 0 Å². The van der Waals surface area contributed by atoms with Gasteiger partial charge >= 0.3 is 0 Å². The molecular weight excluding hydrogens is 280 g/mol. The summed E-state index contributed by atoms with van der Waals surface area (Å²) in [6.45, 7) is 8.34. The lowest BCUT2D eigenvalue weighted by Crippen LogP contribution is -2.18. The van der Waals surface area contributed by atoms with Crippen molar-refractivity contribution in [1.82, 2.24) is 10.3 Å². The van der Waals surface area contributed by atoms with Crippen LogP contribution >= 0.6 is 11.6 Å². The maximum absolute atomic E-state index is 5.88. The second kappa shape index (κ2) is 7.06. The van der Waals surface area contributed by atoms with Gasteiger partial charge in [-0.05, 0) is 42.3 Å². The van der Waals surface area contributed by atoms with E-state index >= 15 is 0 Å². The van der Waals surface area contributed by atoms with Crippen LogP contribution in [0, 0.1) is 0 Å². The Balaban J connectivity index is 1.77. The van der Waals surface area contributed by atoms with E-state index < -0.39 is 0 Å². The molecule has 0 aliphatic rings. The van der Waals surface area contributed by atoms with Crippen LogP contribution in [0.5, 0.6) is 0 Å². The molecule has 0 aliphatic carbocycles. The Kier molecular flexibility index (Phi) is 5.38. The van der Waals surface area contributed by atoms with Crippen molar-refractivity contribution in [2.24, 2.45) is 0 Å². The average molecular weight is 303 g/mol. The van der Waals surface area contributed by atoms with Crippen molar-refractivity contribution in [2.75, 3.05) is 6.54 Å². The van der Waals surface area contributed by atoms with E-state index in [-0.39, 0.29) is 5.41 Å². The maximum atomic E-state index is 5.88. The molecule has 0 spiro atoms. The van der Waals surface area contributed by atoms with Gasteiger partial charge in [-0.3, -0.25) is 4.98 Å². The lowest BCUT2D eigenvalue weighted by atomic mass is 9.91. The fourth-order valence-electron chi connectivity index (χ4n) is 2.09. The molecule has 2 aromatic rings. The number of hydrogen-bond donors (Lipinski definition) is 1. The van der Waals surface area contributed by atoms with Crippen LogP contribution in [0.4, 0.5) is 0 Å². The zero-order valence-electron chi connectivity index (χ0n) is 13.0. The third kappa shape index (κ3) is 5.14. The molecule has 0 radical (unpaired) electrons. The van der Waals surface area contributed by atoms with Gasteiger partial charge in [0.2, 0.25) is 0 Å². The summed E-state index contributed by atoms with van der Waals surface area (Å²) in [5.41, 5.74) is 3.76. The highest BCUT2D eigenvalue weighted by atomic mass is 35.5. The zero-order valence-corrected chi connectivity index (χ0v) is 13.7. The van der Waals surface area contributed by atoms with E-state index in [0.29, 0.717) is 0 Å². The van der Waals surface area contributed by atoms with E-state index in [1.54, 1.807) is 0 Å². The fourth-order valence-corrected chi connectivity index (χ4v) is 2.22. The van der Waals surface area contributed by atoms with Crippen LogP contribution in [0.1, 0.15) is 37.6 Å². The number of aromatic nitrogens is 1. The molecule has 1 aromatic heterocycles. The summed E-state index contributed by atoms with van der Waals surface area (Å²) < 4.78 is 0. The largest absolute Gasteiger partial charge is 0.312 e. The quantitative estimate of drug-likeness (QED) is 0.830. The molecule has 0 atom stereocenters. The third-order valence-electron chi connectivity index (χ3n) is 3.43. The van der Waals surface area contributed by atoms with Crippen LogP contribution in [0.25, 0.3) is 0 Å². The fraction of sp³-hybridized carbons (Fsp3) is 0.389. The number of hydrogen-bond acceptors (Lipinski definition) is 2. The molecule has 0 aliphatic heterocycles. The number of rotatable bonds is 5. The molecule has 1 aromatic carbocycles. The van der Waals surface area contributed by atoms with Crippen molar-refractivity contribution in [2.45, 2.75) is 39.2 Å². The first-order valence-electron chi connectivity index (χ1n) is 7.36. The Hall–Kier alpha value is -1.38. The van der Waals surface area contributed by atoms with Crippen LogP contribution in [0.2, 0.25) is 5.02 Å². The Labute approximate surface area is 132 Å². The summed E-state index contributed by atoms with van der Waals surface area (Å²) in [6, 6.07) is 12.3. The molecule has 2 nitrogen and oxygen atoms in total. The average Bonchev–Trinajstić information content (AvgIpc) is 2.45. The van der Waals surface area contributed by atoms with Gasteiger partial charge in [0, 0.05) is 28.9 Å². The summed E-state index contributed by atoms with van der Waals surface area (Å²) in [4.78, 5) is 4.54. The lowest BCUT2D eigenvalue weighted by molar-refractivity contribution is 0.567. The summed E-state index contributed by atoms with van der Waals surface area (Å²) in [6.07, 6.45) is 2.97. The van der Waals surface area contributed by atoms with E-state index in [0.717, 1.165) is 30.2 Å². The Morgan fingerprint density at radius 2 is 1.67 bits per heavy atom. The van der Waals surface area contributed by atoms with Gasteiger partial charge in [-0.2, -0.15) is 0 Å². The van der Waals surface area contributed by atoms with Crippen LogP contribution < -0.4 is 5.32 Å². The first-order valence-corrected chi connectivity index (χ1v) is 7.73. The van der Waals surface area contributed by atoms with Crippen LogP contribution in [0.3, 0.4) is 0 Å². The lowest BCUT2D eigenvalue weighted by Gasteiger charge is -2.17. The Bertz CT molecular complexity index is 553. The number of nitrogens with zero attached hydrogens (tertiary/aromatic N) is 1. The van der Waals surface area contributed by atoms with Gasteiger partial charge < -0.3 is 5.32 Å². The molecule has 0 saturated heterocycles. The molecule has 0 amide bonds. The predicted molar refractivity (Wildman–Crippen MR) is 89.8 cm³/mol. The van der Waals surface area contributed by atoms with Gasteiger partial charge in [0.25, 0.3) is 0 Å². The molecule has 0 fully saturated rings. The van der Waals surface area contributed by atoms with Gasteiger partial charge in [-0.15, -0.1) is 0 Å². The smallest absolute Gasteiger partial charge is 0.0457 e. The molecule has 0 unspecified atom stereocenters. The maximum Gasteiger partial charge on any atom is 0.0457 e. The van der Waals surface area contributed by atoms with Crippen LogP contribution in [-0.2, 0) is 18.4 Å². The first-order chi connectivity index (χ1) is 9.95. The second-order valence-corrected chi connectivity index (χ2v) is 6.79. The monoisotopic (exact) mass is 302 g/mol. The van der Waals surface area contributed by atoms with E-state index in [4.69, 9.17) is 11.6 Å². The molecule has 2 rings (SSSR count). The van der Waals surface area contributed by atoms with Crippen molar-refractivity contribution in [3.05, 3.63) is 64.4 Å². The summed E-state index contributed by atoms with van der Waals surface area (Å²) in [5.74, 6) is 0. The van der Waals surface area contributed by atoms with E-state index in [9.17, 15) is 0 Å². The first kappa shape index (κ1) is 16.0. The number of benzene rings is 1. The van der Waals surface area contributed by atoms with Gasteiger partial charge in [-0.1, -0.05) is 50.6 Å². The highest BCUT2D eigenvalue weighted by Gasteiger charge is 2.14. The topological polar surface area (TPSA) is 24.9 Å². The summed E-state index contributed by atoms with van der Waals surface area (Å²) >= 11 is 5.88. The molecule has 0 saturated carbocycles. The number of pyridine rings is 1. The molecule has 1 N–H and O–H groups in total. The van der Waals surface area contributed by atoms with Crippen LogP contribution in [0.15, 0.2) is 42.6 Å². The van der Waals surface area contributed by atoms with Gasteiger partial charge in [0.1, 0.15) is 0 Å². The van der Waals surface area contributed by atoms with Crippen molar-refractivity contribution >= 4 is 11.6 Å². The zero-order chi connectivity index (χ0) is 15.3. The SMILES string of the molecule is CC(C)(C)c1ccc(CNCCc2ccc(Cl)cc2)cn1. The molecule has 3 heteroatoms. The standard InChI is InChI=1S/C18H23ClN2/c1-18(2,3)17-9-6-15(13-21-17)12-20-11-10-14-4-7-16(19)8-5-14/h4-9,13,20H,10-12H2,1-3H3. The van der Waals surface area contributed by atoms with Gasteiger partial charge in [-0.25, -0.2) is 0 Å². The Morgan fingerprint density at radius 1 is 1.00 bits per heavy atom. The minimum atomic E-state index is 0.112. The third-order valence-corrected chi connectivity index (χ3v) is 3.68. The van der Waals surface area contributed by atoms with E-state index in [1.165, 1.54) is 11.1 Å². The van der Waals surface area contributed by atoms with Gasteiger partial charge in [0.15, 0.2) is 0 Å². The normalized spacial score (nSPS) is 11.6. The number of halogens is 1. The highest BCUT2D eigenvalue weighted by molar-refractivity contribution is 6.30. The number of nitrogens with one attached hydrogen (secondary N) is 1. The summed E-state index contributed by atoms with van der Waals surface area (Å²) in [7, 11) is 0. The molecule has 112 valence electrons. The molecule has 1 heterocycles. The van der Waals surface area contributed by atoms with Crippen molar-refractivity contribution in [3.8, 4) is 0 Å². The van der Waals surface area contributed by atoms with Crippen molar-refractivity contribution < 1.29 is 0 Å². The molecule has 0 bridgehead atoms. The molecule has 21 heavy (non-hydrogen) atoms.